The third-order valence-electron chi connectivity index (χ3n) is 2.52. The van der Waals surface area contributed by atoms with Gasteiger partial charge in [0.25, 0.3) is 0 Å². The third-order valence-corrected chi connectivity index (χ3v) is 4.58. The minimum Gasteiger partial charge on any atom is -0.399 e. The normalized spacial score (nSPS) is 13.9. The van der Waals surface area contributed by atoms with Crippen LogP contribution in [0, 0.1) is 0 Å². The van der Waals surface area contributed by atoms with Gasteiger partial charge >= 0.3 is 0 Å². The number of amides is 1. The molecule has 0 heterocycles. The third kappa shape index (κ3) is 3.96. The van der Waals surface area contributed by atoms with E-state index in [1.54, 1.807) is 32.9 Å². The molecule has 5 nitrogen and oxygen atoms in total. The Morgan fingerprint density at radius 3 is 2.37 bits per heavy atom. The van der Waals surface area contributed by atoms with Gasteiger partial charge in [0.2, 0.25) is 5.91 Å². The van der Waals surface area contributed by atoms with E-state index in [9.17, 15) is 13.2 Å². The fraction of sp³-hybridized carbons (Fsp3) is 0.462. The van der Waals surface area contributed by atoms with Crippen molar-refractivity contribution in [3.63, 3.8) is 0 Å². The van der Waals surface area contributed by atoms with Gasteiger partial charge in [-0.1, -0.05) is 6.07 Å². The summed E-state index contributed by atoms with van der Waals surface area (Å²) < 4.78 is 24.6. The van der Waals surface area contributed by atoms with Gasteiger partial charge in [0.1, 0.15) is 5.25 Å². The number of nitrogens with two attached hydrogens (primary N) is 1. The maximum absolute atomic E-state index is 12.3. The molecule has 1 rings (SSSR count). The summed E-state index contributed by atoms with van der Waals surface area (Å²) in [4.78, 5) is 12.0. The van der Waals surface area contributed by atoms with Crippen LogP contribution in [-0.2, 0) is 14.6 Å². The van der Waals surface area contributed by atoms with Crippen molar-refractivity contribution in [1.29, 1.82) is 0 Å². The van der Waals surface area contributed by atoms with Gasteiger partial charge in [-0.3, -0.25) is 4.79 Å². The fourth-order valence-electron chi connectivity index (χ4n) is 1.51. The van der Waals surface area contributed by atoms with Crippen LogP contribution >= 0.6 is 0 Å². The highest BCUT2D eigenvalue weighted by atomic mass is 32.2. The fourth-order valence-corrected chi connectivity index (χ4v) is 2.83. The van der Waals surface area contributed by atoms with E-state index in [-0.39, 0.29) is 4.90 Å². The molecule has 0 bridgehead atoms. The first-order valence-corrected chi connectivity index (χ1v) is 7.50. The van der Waals surface area contributed by atoms with Gasteiger partial charge in [-0.15, -0.1) is 0 Å². The van der Waals surface area contributed by atoms with Crippen molar-refractivity contribution >= 4 is 21.4 Å². The first-order chi connectivity index (χ1) is 8.54. The Kier molecular flexibility index (Phi) is 4.25. The lowest BCUT2D eigenvalue weighted by molar-refractivity contribution is -0.121. The van der Waals surface area contributed by atoms with E-state index in [1.807, 2.05) is 0 Å². The van der Waals surface area contributed by atoms with E-state index < -0.39 is 26.5 Å². The minimum atomic E-state index is -3.73. The quantitative estimate of drug-likeness (QED) is 0.820. The van der Waals surface area contributed by atoms with Gasteiger partial charge in [0.05, 0.1) is 4.90 Å². The highest BCUT2D eigenvalue weighted by Gasteiger charge is 2.31. The molecule has 6 heteroatoms. The number of carbonyl (C=O) groups excluding carboxylic acids is 1. The van der Waals surface area contributed by atoms with E-state index in [4.69, 9.17) is 5.73 Å². The van der Waals surface area contributed by atoms with Gasteiger partial charge in [-0.25, -0.2) is 8.42 Å². The molecule has 0 aliphatic rings. The molecule has 19 heavy (non-hydrogen) atoms. The van der Waals surface area contributed by atoms with Crippen LogP contribution in [-0.4, -0.2) is 25.1 Å². The van der Waals surface area contributed by atoms with Crippen LogP contribution in [0.1, 0.15) is 27.7 Å². The maximum atomic E-state index is 12.3. The van der Waals surface area contributed by atoms with Gasteiger partial charge in [0, 0.05) is 11.2 Å². The van der Waals surface area contributed by atoms with Crippen molar-refractivity contribution in [3.05, 3.63) is 24.3 Å². The molecule has 3 N–H and O–H groups in total. The summed E-state index contributed by atoms with van der Waals surface area (Å²) in [6.07, 6.45) is 0. The van der Waals surface area contributed by atoms with Crippen molar-refractivity contribution in [1.82, 2.24) is 5.32 Å². The molecule has 0 fully saturated rings. The molecule has 0 aliphatic carbocycles. The second-order valence-electron chi connectivity index (χ2n) is 5.50. The van der Waals surface area contributed by atoms with Crippen LogP contribution in [0.15, 0.2) is 29.2 Å². The summed E-state index contributed by atoms with van der Waals surface area (Å²) in [5.41, 5.74) is 5.44. The standard InChI is InChI=1S/C13H20N2O3S/c1-9(12(16)15-13(2,3)4)19(17,18)11-7-5-6-10(14)8-11/h5-9H,14H2,1-4H3,(H,15,16). The van der Waals surface area contributed by atoms with Crippen LogP contribution in [0.5, 0.6) is 0 Å². The first kappa shape index (κ1) is 15.5. The lowest BCUT2D eigenvalue weighted by Crippen LogP contribution is -2.47. The monoisotopic (exact) mass is 284 g/mol. The summed E-state index contributed by atoms with van der Waals surface area (Å²) in [5, 5.41) is 1.50. The Labute approximate surface area is 114 Å². The van der Waals surface area contributed by atoms with E-state index in [2.05, 4.69) is 5.32 Å². The van der Waals surface area contributed by atoms with Crippen LogP contribution < -0.4 is 11.1 Å². The Morgan fingerprint density at radius 2 is 1.89 bits per heavy atom. The molecule has 0 spiro atoms. The number of benzene rings is 1. The number of rotatable bonds is 3. The van der Waals surface area contributed by atoms with Crippen LogP contribution in [0.25, 0.3) is 0 Å². The maximum Gasteiger partial charge on any atom is 0.238 e. The van der Waals surface area contributed by atoms with E-state index in [0.29, 0.717) is 5.69 Å². The predicted molar refractivity (Wildman–Crippen MR) is 75.4 cm³/mol. The largest absolute Gasteiger partial charge is 0.399 e. The molecule has 0 aromatic heterocycles. The Hall–Kier alpha value is -1.56. The molecular formula is C13H20N2O3S. The molecule has 1 amide bonds. The summed E-state index contributed by atoms with van der Waals surface area (Å²) >= 11 is 0. The smallest absolute Gasteiger partial charge is 0.238 e. The van der Waals surface area contributed by atoms with Crippen molar-refractivity contribution in [2.45, 2.75) is 43.4 Å². The van der Waals surface area contributed by atoms with E-state index in [0.717, 1.165) is 0 Å². The van der Waals surface area contributed by atoms with Crippen molar-refractivity contribution in [2.24, 2.45) is 0 Å². The predicted octanol–water partition coefficient (Wildman–Crippen LogP) is 1.35. The number of nitrogen functional groups attached to an aromatic ring is 1. The molecular weight excluding hydrogens is 264 g/mol. The first-order valence-electron chi connectivity index (χ1n) is 5.95. The zero-order chi connectivity index (χ0) is 14.8. The Morgan fingerprint density at radius 1 is 1.32 bits per heavy atom. The zero-order valence-electron chi connectivity index (χ0n) is 11.6. The van der Waals surface area contributed by atoms with E-state index >= 15 is 0 Å². The molecule has 0 saturated carbocycles. The van der Waals surface area contributed by atoms with Crippen LogP contribution in [0.2, 0.25) is 0 Å². The zero-order valence-corrected chi connectivity index (χ0v) is 12.4. The minimum absolute atomic E-state index is 0.0593. The molecule has 0 radical (unpaired) electrons. The van der Waals surface area contributed by atoms with Gasteiger partial charge in [0.15, 0.2) is 9.84 Å². The van der Waals surface area contributed by atoms with E-state index in [1.165, 1.54) is 19.1 Å². The summed E-state index contributed by atoms with van der Waals surface area (Å²) in [6.45, 7) is 6.76. The van der Waals surface area contributed by atoms with Crippen molar-refractivity contribution < 1.29 is 13.2 Å². The number of carbonyl (C=O) groups is 1. The molecule has 0 saturated heterocycles. The SMILES string of the molecule is CC(C(=O)NC(C)(C)C)S(=O)(=O)c1cccc(N)c1. The van der Waals surface area contributed by atoms with Gasteiger partial charge < -0.3 is 11.1 Å². The Balaban J connectivity index is 3.04. The lowest BCUT2D eigenvalue weighted by atomic mass is 10.1. The van der Waals surface area contributed by atoms with Gasteiger partial charge in [-0.05, 0) is 45.9 Å². The molecule has 1 aromatic carbocycles. The van der Waals surface area contributed by atoms with Crippen LogP contribution in [0.4, 0.5) is 5.69 Å². The van der Waals surface area contributed by atoms with Crippen molar-refractivity contribution in [2.75, 3.05) is 5.73 Å². The number of hydrogen-bond donors (Lipinski definition) is 2. The molecule has 1 unspecified atom stereocenters. The highest BCUT2D eigenvalue weighted by Crippen LogP contribution is 2.19. The molecule has 1 aromatic rings. The summed E-state index contributed by atoms with van der Waals surface area (Å²) in [6, 6.07) is 5.94. The average molecular weight is 284 g/mol. The van der Waals surface area contributed by atoms with Crippen molar-refractivity contribution in [3.8, 4) is 0 Å². The Bertz CT molecular complexity index is 574. The summed E-state index contributed by atoms with van der Waals surface area (Å²) in [5.74, 6) is -0.519. The molecule has 1 atom stereocenters. The number of hydrogen-bond acceptors (Lipinski definition) is 4. The van der Waals surface area contributed by atoms with Gasteiger partial charge in [-0.2, -0.15) is 0 Å². The number of sulfone groups is 1. The van der Waals surface area contributed by atoms with Crippen LogP contribution in [0.3, 0.4) is 0 Å². The molecule has 106 valence electrons. The highest BCUT2D eigenvalue weighted by molar-refractivity contribution is 7.92. The number of nitrogens with one attached hydrogen (secondary N) is 1. The second-order valence-corrected chi connectivity index (χ2v) is 7.77. The average Bonchev–Trinajstić information content (AvgIpc) is 2.25. The summed E-state index contributed by atoms with van der Waals surface area (Å²) in [7, 11) is -3.73. The second kappa shape index (κ2) is 5.21. The lowest BCUT2D eigenvalue weighted by Gasteiger charge is -2.23. The topological polar surface area (TPSA) is 89.3 Å². The number of anilines is 1. The molecule has 0 aliphatic heterocycles.